The van der Waals surface area contributed by atoms with Crippen LogP contribution in [0, 0.1) is 11.3 Å². The van der Waals surface area contributed by atoms with E-state index in [1.807, 2.05) is 77.4 Å². The highest BCUT2D eigenvalue weighted by atomic mass is 15.1. The highest BCUT2D eigenvalue weighted by molar-refractivity contribution is 5.91. The largest absolute Gasteiger partial charge is 0.292 e. The number of fused-ring (bicyclic) bond motifs is 1. The lowest BCUT2D eigenvalue weighted by Gasteiger charge is -2.08. The molecule has 25 heavy (non-hydrogen) atoms. The summed E-state index contributed by atoms with van der Waals surface area (Å²) in [6.07, 6.45) is 5.25. The van der Waals surface area contributed by atoms with Gasteiger partial charge in [-0.05, 0) is 42.0 Å². The molecule has 0 N–H and O–H groups in total. The van der Waals surface area contributed by atoms with Gasteiger partial charge in [-0.15, -0.1) is 0 Å². The van der Waals surface area contributed by atoms with Gasteiger partial charge in [0.1, 0.15) is 6.07 Å². The Morgan fingerprint density at radius 1 is 0.960 bits per heavy atom. The normalized spacial score (nSPS) is 11.4. The Morgan fingerprint density at radius 3 is 2.52 bits per heavy atom. The molecule has 0 bridgehead atoms. The van der Waals surface area contributed by atoms with E-state index in [9.17, 15) is 5.26 Å². The molecule has 0 spiro atoms. The summed E-state index contributed by atoms with van der Waals surface area (Å²) in [5.74, 6) is 0.624. The number of hydrogen-bond acceptors (Lipinski definition) is 3. The van der Waals surface area contributed by atoms with Crippen molar-refractivity contribution in [2.75, 3.05) is 0 Å². The van der Waals surface area contributed by atoms with Crippen LogP contribution in [-0.2, 0) is 0 Å². The number of pyridine rings is 1. The fourth-order valence-corrected chi connectivity index (χ4v) is 2.82. The number of para-hydroxylation sites is 3. The first-order valence-electron chi connectivity index (χ1n) is 7.92. The summed E-state index contributed by atoms with van der Waals surface area (Å²) < 4.78 is 2.01. The summed E-state index contributed by atoms with van der Waals surface area (Å²) in [7, 11) is 0. The van der Waals surface area contributed by atoms with Crippen molar-refractivity contribution < 1.29 is 0 Å². The molecule has 0 saturated carbocycles. The number of nitriles is 1. The van der Waals surface area contributed by atoms with E-state index in [2.05, 4.69) is 11.1 Å². The number of benzene rings is 2. The maximum Gasteiger partial charge on any atom is 0.156 e. The van der Waals surface area contributed by atoms with E-state index in [-0.39, 0.29) is 0 Å². The summed E-state index contributed by atoms with van der Waals surface area (Å²) in [4.78, 5) is 8.82. The third-order valence-electron chi connectivity index (χ3n) is 3.93. The second kappa shape index (κ2) is 6.42. The molecule has 0 fully saturated rings. The number of hydrogen-bond donors (Lipinski definition) is 0. The van der Waals surface area contributed by atoms with E-state index in [1.54, 1.807) is 12.4 Å². The van der Waals surface area contributed by atoms with Gasteiger partial charge in [0, 0.05) is 18.1 Å². The Hall–Kier alpha value is -3.71. The predicted molar refractivity (Wildman–Crippen MR) is 98.8 cm³/mol. The van der Waals surface area contributed by atoms with E-state index in [0.717, 1.165) is 22.3 Å². The second-order valence-corrected chi connectivity index (χ2v) is 5.55. The number of imidazole rings is 1. The van der Waals surface area contributed by atoms with Crippen molar-refractivity contribution in [1.29, 1.82) is 5.26 Å². The molecule has 0 aliphatic carbocycles. The number of aromatic nitrogens is 3. The molecule has 118 valence electrons. The highest BCUT2D eigenvalue weighted by Crippen LogP contribution is 2.26. The summed E-state index contributed by atoms with van der Waals surface area (Å²) in [5.41, 5.74) is 4.15. The quantitative estimate of drug-likeness (QED) is 0.522. The van der Waals surface area contributed by atoms with Crippen LogP contribution < -0.4 is 0 Å². The van der Waals surface area contributed by atoms with Gasteiger partial charge >= 0.3 is 0 Å². The van der Waals surface area contributed by atoms with Gasteiger partial charge in [-0.3, -0.25) is 9.55 Å². The SMILES string of the molecule is N#C/C(=C\c1cccnc1)c1nc2ccccc2n1-c1ccccc1. The zero-order valence-corrected chi connectivity index (χ0v) is 13.4. The Morgan fingerprint density at radius 2 is 1.76 bits per heavy atom. The van der Waals surface area contributed by atoms with Gasteiger partial charge in [0.05, 0.1) is 16.6 Å². The fourth-order valence-electron chi connectivity index (χ4n) is 2.82. The molecule has 4 heteroatoms. The topological polar surface area (TPSA) is 54.5 Å². The van der Waals surface area contributed by atoms with Crippen LogP contribution in [0.4, 0.5) is 0 Å². The highest BCUT2D eigenvalue weighted by Gasteiger charge is 2.15. The van der Waals surface area contributed by atoms with Crippen LogP contribution >= 0.6 is 0 Å². The molecule has 0 aliphatic heterocycles. The van der Waals surface area contributed by atoms with Gasteiger partial charge in [-0.1, -0.05) is 36.4 Å². The minimum Gasteiger partial charge on any atom is -0.292 e. The number of allylic oxidation sites excluding steroid dienone is 1. The molecule has 2 aromatic carbocycles. The van der Waals surface area contributed by atoms with Crippen molar-refractivity contribution in [2.45, 2.75) is 0 Å². The van der Waals surface area contributed by atoms with Crippen molar-refractivity contribution in [2.24, 2.45) is 0 Å². The zero-order valence-electron chi connectivity index (χ0n) is 13.4. The second-order valence-electron chi connectivity index (χ2n) is 5.55. The van der Waals surface area contributed by atoms with Gasteiger partial charge in [0.2, 0.25) is 0 Å². The van der Waals surface area contributed by atoms with Gasteiger partial charge in [0.15, 0.2) is 5.82 Å². The minimum absolute atomic E-state index is 0.494. The van der Waals surface area contributed by atoms with Crippen molar-refractivity contribution in [1.82, 2.24) is 14.5 Å². The third-order valence-corrected chi connectivity index (χ3v) is 3.93. The molecule has 4 aromatic rings. The molecule has 0 unspecified atom stereocenters. The molecule has 0 aliphatic rings. The van der Waals surface area contributed by atoms with Gasteiger partial charge in [-0.25, -0.2) is 4.98 Å². The molecule has 2 heterocycles. The first kappa shape index (κ1) is 14.9. The average Bonchev–Trinajstić information content (AvgIpc) is 3.07. The number of rotatable bonds is 3. The molecule has 4 nitrogen and oxygen atoms in total. The molecule has 0 radical (unpaired) electrons. The molecule has 0 saturated heterocycles. The fraction of sp³-hybridized carbons (Fsp3) is 0. The summed E-state index contributed by atoms with van der Waals surface area (Å²) in [5, 5.41) is 9.75. The van der Waals surface area contributed by atoms with Crippen molar-refractivity contribution >= 4 is 22.7 Å². The van der Waals surface area contributed by atoms with Crippen molar-refractivity contribution in [3.05, 3.63) is 90.5 Å². The van der Waals surface area contributed by atoms with Gasteiger partial charge < -0.3 is 0 Å². The van der Waals surface area contributed by atoms with Crippen molar-refractivity contribution in [3.63, 3.8) is 0 Å². The first-order valence-corrected chi connectivity index (χ1v) is 7.92. The Labute approximate surface area is 145 Å². The molecule has 4 rings (SSSR count). The van der Waals surface area contributed by atoms with E-state index in [1.165, 1.54) is 0 Å². The molecule has 0 amide bonds. The molecular weight excluding hydrogens is 308 g/mol. The van der Waals surface area contributed by atoms with Gasteiger partial charge in [-0.2, -0.15) is 5.26 Å². The van der Waals surface area contributed by atoms with E-state index in [4.69, 9.17) is 4.98 Å². The van der Waals surface area contributed by atoms with E-state index >= 15 is 0 Å². The van der Waals surface area contributed by atoms with Crippen LogP contribution in [0.5, 0.6) is 0 Å². The van der Waals surface area contributed by atoms with Crippen LogP contribution in [0.2, 0.25) is 0 Å². The predicted octanol–water partition coefficient (Wildman–Crippen LogP) is 4.48. The Kier molecular flexibility index (Phi) is 3.82. The van der Waals surface area contributed by atoms with Crippen LogP contribution in [0.3, 0.4) is 0 Å². The molecular formula is C21H14N4. The Balaban J connectivity index is 1.98. The number of nitrogens with zero attached hydrogens (tertiary/aromatic N) is 4. The average molecular weight is 322 g/mol. The Bertz CT molecular complexity index is 1090. The van der Waals surface area contributed by atoms with Crippen molar-refractivity contribution in [3.8, 4) is 11.8 Å². The maximum absolute atomic E-state index is 9.75. The maximum atomic E-state index is 9.75. The van der Waals surface area contributed by atoms with Gasteiger partial charge in [0.25, 0.3) is 0 Å². The van der Waals surface area contributed by atoms with Crippen LogP contribution in [0.1, 0.15) is 11.4 Å². The monoisotopic (exact) mass is 322 g/mol. The smallest absolute Gasteiger partial charge is 0.156 e. The summed E-state index contributed by atoms with van der Waals surface area (Å²) in [6.45, 7) is 0. The third kappa shape index (κ3) is 2.79. The lowest BCUT2D eigenvalue weighted by atomic mass is 10.1. The first-order chi connectivity index (χ1) is 12.4. The summed E-state index contributed by atoms with van der Waals surface area (Å²) >= 11 is 0. The van der Waals surface area contributed by atoms with E-state index < -0.39 is 0 Å². The standard InChI is InChI=1S/C21H14N4/c22-14-17(13-16-7-6-12-23-15-16)21-24-19-10-4-5-11-20(19)25(21)18-8-2-1-3-9-18/h1-13,15H/b17-13+. The summed E-state index contributed by atoms with van der Waals surface area (Å²) in [6, 6.07) is 23.9. The lowest BCUT2D eigenvalue weighted by molar-refractivity contribution is 1.06. The van der Waals surface area contributed by atoms with E-state index in [0.29, 0.717) is 11.4 Å². The van der Waals surface area contributed by atoms with Crippen LogP contribution in [0.25, 0.3) is 28.4 Å². The lowest BCUT2D eigenvalue weighted by Crippen LogP contribution is -2.00. The van der Waals surface area contributed by atoms with Crippen LogP contribution in [-0.4, -0.2) is 14.5 Å². The molecule has 0 atom stereocenters. The van der Waals surface area contributed by atoms with Crippen LogP contribution in [0.15, 0.2) is 79.1 Å². The minimum atomic E-state index is 0.494. The zero-order chi connectivity index (χ0) is 17.1. The molecule has 2 aromatic heterocycles.